The number of alkyl halides is 3. The van der Waals surface area contributed by atoms with Crippen LogP contribution in [-0.2, 0) is 13.1 Å². The molecule has 2 aromatic rings. The van der Waals surface area contributed by atoms with Gasteiger partial charge in [-0.15, -0.1) is 37.1 Å². The second-order valence-corrected chi connectivity index (χ2v) is 5.33. The van der Waals surface area contributed by atoms with E-state index in [2.05, 4.69) is 15.0 Å². The van der Waals surface area contributed by atoms with Gasteiger partial charge in [0.1, 0.15) is 11.6 Å². The minimum absolute atomic E-state index is 0. The summed E-state index contributed by atoms with van der Waals surface area (Å²) in [6, 6.07) is 10.1. The Morgan fingerprint density at radius 2 is 1.73 bits per heavy atom. The molecule has 3 N–H and O–H groups in total. The van der Waals surface area contributed by atoms with Crippen molar-refractivity contribution in [3.63, 3.8) is 0 Å². The molecule has 2 aromatic carbocycles. The van der Waals surface area contributed by atoms with Crippen LogP contribution in [0.3, 0.4) is 0 Å². The van der Waals surface area contributed by atoms with Gasteiger partial charge in [0, 0.05) is 6.54 Å². The molecule has 0 amide bonds. The summed E-state index contributed by atoms with van der Waals surface area (Å²) in [6.45, 7) is 2.25. The largest absolute Gasteiger partial charge is 0.573 e. The number of hydrogen-bond acceptors (Lipinski definition) is 2. The van der Waals surface area contributed by atoms with Gasteiger partial charge in [-0.1, -0.05) is 24.3 Å². The average Bonchev–Trinajstić information content (AvgIpc) is 2.54. The maximum atomic E-state index is 13.2. The molecule has 0 aromatic heterocycles. The SMILES string of the molecule is Cc1cc(CN=C(N)NCc2ccc(OC(F)(F)F)cc2)ccc1F.I. The lowest BCUT2D eigenvalue weighted by molar-refractivity contribution is -0.274. The summed E-state index contributed by atoms with van der Waals surface area (Å²) in [4.78, 5) is 4.13. The number of rotatable bonds is 5. The third kappa shape index (κ3) is 7.46. The highest BCUT2D eigenvalue weighted by Crippen LogP contribution is 2.22. The third-order valence-electron chi connectivity index (χ3n) is 3.28. The Bertz CT molecular complexity index is 749. The molecular formula is C17H18F4IN3O. The van der Waals surface area contributed by atoms with Gasteiger partial charge in [-0.25, -0.2) is 9.38 Å². The molecular weight excluding hydrogens is 465 g/mol. The molecule has 0 aliphatic rings. The number of nitrogens with one attached hydrogen (secondary N) is 1. The molecule has 0 aliphatic heterocycles. The van der Waals surface area contributed by atoms with Gasteiger partial charge in [0.25, 0.3) is 0 Å². The van der Waals surface area contributed by atoms with Crippen LogP contribution in [0, 0.1) is 12.7 Å². The Labute approximate surface area is 165 Å². The van der Waals surface area contributed by atoms with E-state index in [1.807, 2.05) is 0 Å². The highest BCUT2D eigenvalue weighted by atomic mass is 127. The van der Waals surface area contributed by atoms with Crippen molar-refractivity contribution in [2.24, 2.45) is 10.7 Å². The molecule has 0 fully saturated rings. The van der Waals surface area contributed by atoms with Crippen molar-refractivity contribution in [1.82, 2.24) is 5.32 Å². The van der Waals surface area contributed by atoms with Gasteiger partial charge < -0.3 is 15.8 Å². The maximum absolute atomic E-state index is 13.2. The molecule has 0 atom stereocenters. The van der Waals surface area contributed by atoms with Crippen LogP contribution in [0.5, 0.6) is 5.75 Å². The summed E-state index contributed by atoms with van der Waals surface area (Å²) in [6.07, 6.45) is -4.71. The minimum atomic E-state index is -4.71. The number of aryl methyl sites for hydroxylation is 1. The molecule has 0 aliphatic carbocycles. The van der Waals surface area contributed by atoms with Crippen molar-refractivity contribution >= 4 is 29.9 Å². The second kappa shape index (κ2) is 9.60. The van der Waals surface area contributed by atoms with Gasteiger partial charge in [-0.05, 0) is 41.8 Å². The van der Waals surface area contributed by atoms with Crippen molar-refractivity contribution < 1.29 is 22.3 Å². The summed E-state index contributed by atoms with van der Waals surface area (Å²) in [5, 5.41) is 2.85. The molecule has 26 heavy (non-hydrogen) atoms. The smallest absolute Gasteiger partial charge is 0.406 e. The van der Waals surface area contributed by atoms with E-state index in [1.165, 1.54) is 30.3 Å². The van der Waals surface area contributed by atoms with Crippen LogP contribution >= 0.6 is 24.0 Å². The normalized spacial score (nSPS) is 11.7. The number of guanidine groups is 1. The molecule has 0 saturated heterocycles. The number of nitrogens with two attached hydrogens (primary N) is 1. The predicted octanol–water partition coefficient (Wildman–Crippen LogP) is 4.26. The molecule has 9 heteroatoms. The average molecular weight is 483 g/mol. The van der Waals surface area contributed by atoms with Crippen molar-refractivity contribution in [3.05, 3.63) is 65.0 Å². The van der Waals surface area contributed by atoms with Crippen molar-refractivity contribution in [2.45, 2.75) is 26.4 Å². The van der Waals surface area contributed by atoms with Crippen LogP contribution in [0.4, 0.5) is 17.6 Å². The van der Waals surface area contributed by atoms with E-state index in [1.54, 1.807) is 19.1 Å². The predicted molar refractivity (Wildman–Crippen MR) is 102 cm³/mol. The summed E-state index contributed by atoms with van der Waals surface area (Å²) in [5.41, 5.74) is 7.80. The van der Waals surface area contributed by atoms with Crippen LogP contribution in [0.15, 0.2) is 47.5 Å². The van der Waals surface area contributed by atoms with Crippen molar-refractivity contribution in [3.8, 4) is 5.75 Å². The number of aliphatic imine (C=N–C) groups is 1. The van der Waals surface area contributed by atoms with Crippen LogP contribution in [-0.4, -0.2) is 12.3 Å². The van der Waals surface area contributed by atoms with Gasteiger partial charge in [0.15, 0.2) is 5.96 Å². The number of hydrogen-bond donors (Lipinski definition) is 2. The zero-order valence-corrected chi connectivity index (χ0v) is 16.1. The molecule has 0 bridgehead atoms. The first-order chi connectivity index (χ1) is 11.7. The number of benzene rings is 2. The van der Waals surface area contributed by atoms with E-state index < -0.39 is 6.36 Å². The number of halogens is 5. The van der Waals surface area contributed by atoms with Gasteiger partial charge >= 0.3 is 6.36 Å². The van der Waals surface area contributed by atoms with E-state index in [-0.39, 0.29) is 48.0 Å². The van der Waals surface area contributed by atoms with E-state index >= 15 is 0 Å². The fourth-order valence-electron chi connectivity index (χ4n) is 2.04. The Morgan fingerprint density at radius 1 is 1.12 bits per heavy atom. The van der Waals surface area contributed by atoms with Crippen molar-refractivity contribution in [1.29, 1.82) is 0 Å². The molecule has 0 heterocycles. The lowest BCUT2D eigenvalue weighted by Gasteiger charge is -2.10. The van der Waals surface area contributed by atoms with E-state index in [0.717, 1.165) is 5.56 Å². The summed E-state index contributed by atoms with van der Waals surface area (Å²) in [7, 11) is 0. The van der Waals surface area contributed by atoms with Gasteiger partial charge in [0.2, 0.25) is 0 Å². The highest BCUT2D eigenvalue weighted by molar-refractivity contribution is 14.0. The van der Waals surface area contributed by atoms with Crippen molar-refractivity contribution in [2.75, 3.05) is 0 Å². The van der Waals surface area contributed by atoms with Crippen LogP contribution in [0.2, 0.25) is 0 Å². The second-order valence-electron chi connectivity index (χ2n) is 5.33. The minimum Gasteiger partial charge on any atom is -0.406 e. The first-order valence-electron chi connectivity index (χ1n) is 7.36. The third-order valence-corrected chi connectivity index (χ3v) is 3.28. The Morgan fingerprint density at radius 3 is 2.31 bits per heavy atom. The molecule has 4 nitrogen and oxygen atoms in total. The molecule has 0 unspecified atom stereocenters. The monoisotopic (exact) mass is 483 g/mol. The quantitative estimate of drug-likeness (QED) is 0.290. The Balaban J connectivity index is 0.00000338. The fourth-order valence-corrected chi connectivity index (χ4v) is 2.04. The van der Waals surface area contributed by atoms with Crippen LogP contribution < -0.4 is 15.8 Å². The fraction of sp³-hybridized carbons (Fsp3) is 0.235. The van der Waals surface area contributed by atoms with Gasteiger partial charge in [-0.2, -0.15) is 0 Å². The molecule has 0 radical (unpaired) electrons. The number of nitrogens with zero attached hydrogens (tertiary/aromatic N) is 1. The first-order valence-corrected chi connectivity index (χ1v) is 7.36. The maximum Gasteiger partial charge on any atom is 0.573 e. The zero-order valence-electron chi connectivity index (χ0n) is 13.8. The van der Waals surface area contributed by atoms with E-state index in [9.17, 15) is 17.6 Å². The van der Waals surface area contributed by atoms with Crippen LogP contribution in [0.1, 0.15) is 16.7 Å². The Hall–Kier alpha value is -2.04. The van der Waals surface area contributed by atoms with Gasteiger partial charge in [-0.3, -0.25) is 0 Å². The van der Waals surface area contributed by atoms with Crippen LogP contribution in [0.25, 0.3) is 0 Å². The van der Waals surface area contributed by atoms with Gasteiger partial charge in [0.05, 0.1) is 6.54 Å². The molecule has 2 rings (SSSR count). The standard InChI is InChI=1S/C17H17F4N3O.HI/c1-11-8-13(4-7-15(11)18)10-24-16(22)23-9-12-2-5-14(6-3-12)25-17(19,20)21;/h2-8H,9-10H2,1H3,(H3,22,23,24);1H. The molecule has 142 valence electrons. The Kier molecular flexibility index (Phi) is 8.12. The first kappa shape index (κ1) is 22.0. The van der Waals surface area contributed by atoms with E-state index in [4.69, 9.17) is 5.73 Å². The molecule has 0 saturated carbocycles. The summed E-state index contributed by atoms with van der Waals surface area (Å²) in [5.74, 6) is -0.390. The zero-order chi connectivity index (χ0) is 18.4. The topological polar surface area (TPSA) is 59.6 Å². The van der Waals surface area contributed by atoms with E-state index in [0.29, 0.717) is 17.7 Å². The summed E-state index contributed by atoms with van der Waals surface area (Å²) < 4.78 is 53.2. The molecule has 0 spiro atoms. The number of ether oxygens (including phenoxy) is 1. The lowest BCUT2D eigenvalue weighted by atomic mass is 10.1. The summed E-state index contributed by atoms with van der Waals surface area (Å²) >= 11 is 0. The lowest BCUT2D eigenvalue weighted by Crippen LogP contribution is -2.31. The highest BCUT2D eigenvalue weighted by Gasteiger charge is 2.30.